The highest BCUT2D eigenvalue weighted by Gasteiger charge is 2.24. The number of hydrogen-bond donors (Lipinski definition) is 2. The van der Waals surface area contributed by atoms with Crippen molar-refractivity contribution in [3.05, 3.63) is 29.3 Å². The van der Waals surface area contributed by atoms with Gasteiger partial charge in [-0.2, -0.15) is 0 Å². The number of amides is 1. The van der Waals surface area contributed by atoms with Crippen molar-refractivity contribution in [2.45, 2.75) is 39.3 Å². The van der Waals surface area contributed by atoms with Gasteiger partial charge in [0.2, 0.25) is 0 Å². The number of ketones is 1. The molecule has 0 aromatic heterocycles. The maximum Gasteiger partial charge on any atom is 0.275 e. The van der Waals surface area contributed by atoms with E-state index in [1.807, 2.05) is 26.1 Å². The molecule has 0 bridgehead atoms. The molecule has 1 aromatic rings. The molecule has 1 aliphatic carbocycles. The Morgan fingerprint density at radius 1 is 1.36 bits per heavy atom. The maximum atomic E-state index is 11.9. The molecule has 0 radical (unpaired) electrons. The summed E-state index contributed by atoms with van der Waals surface area (Å²) in [6, 6.07) is 5.88. The zero-order chi connectivity index (χ0) is 16.1. The first-order valence-corrected chi connectivity index (χ1v) is 7.87. The van der Waals surface area contributed by atoms with Crippen molar-refractivity contribution in [3.63, 3.8) is 0 Å². The maximum absolute atomic E-state index is 11.9. The van der Waals surface area contributed by atoms with E-state index >= 15 is 0 Å². The Balaban J connectivity index is 2.02. The fourth-order valence-electron chi connectivity index (χ4n) is 2.40. The molecule has 0 aliphatic heterocycles. The van der Waals surface area contributed by atoms with Crippen LogP contribution in [0.5, 0.6) is 5.75 Å². The standard InChI is InChI=1S/C17H24N2O3/c1-4-22-16-8-5-13(12(2)20)9-14(16)10-19(3)11-17(21)18-15-6-7-15/h5,8-9,15H,4,6-7,10-11H2,1-3H3,(H,18,21)/p+1. The Hall–Kier alpha value is -1.88. The van der Waals surface area contributed by atoms with Gasteiger partial charge in [0.05, 0.1) is 13.7 Å². The van der Waals surface area contributed by atoms with E-state index in [1.165, 1.54) is 0 Å². The van der Waals surface area contributed by atoms with Crippen LogP contribution in [-0.2, 0) is 11.3 Å². The van der Waals surface area contributed by atoms with Gasteiger partial charge in [0.1, 0.15) is 12.3 Å². The number of benzene rings is 1. The largest absolute Gasteiger partial charge is 0.493 e. The number of nitrogens with one attached hydrogen (secondary N) is 2. The van der Waals surface area contributed by atoms with Crippen LogP contribution in [0.3, 0.4) is 0 Å². The fourth-order valence-corrected chi connectivity index (χ4v) is 2.40. The van der Waals surface area contributed by atoms with Gasteiger partial charge in [0, 0.05) is 17.2 Å². The zero-order valence-corrected chi connectivity index (χ0v) is 13.6. The average molecular weight is 305 g/mol. The number of hydrogen-bond acceptors (Lipinski definition) is 3. The molecule has 5 heteroatoms. The number of ether oxygens (including phenoxy) is 1. The fraction of sp³-hybridized carbons (Fsp3) is 0.529. The molecule has 5 nitrogen and oxygen atoms in total. The van der Waals surface area contributed by atoms with E-state index < -0.39 is 0 Å². The van der Waals surface area contributed by atoms with Gasteiger partial charge in [0.25, 0.3) is 5.91 Å². The van der Waals surface area contributed by atoms with Crippen molar-refractivity contribution in [2.24, 2.45) is 0 Å². The Morgan fingerprint density at radius 2 is 2.09 bits per heavy atom. The number of carbonyl (C=O) groups is 2. The van der Waals surface area contributed by atoms with E-state index in [2.05, 4.69) is 5.32 Å². The average Bonchev–Trinajstić information content (AvgIpc) is 3.24. The SMILES string of the molecule is CCOc1ccc(C(C)=O)cc1C[NH+](C)CC(=O)NC1CC1. The Kier molecular flexibility index (Phi) is 5.55. The summed E-state index contributed by atoms with van der Waals surface area (Å²) in [7, 11) is 1.97. The monoisotopic (exact) mass is 305 g/mol. The Morgan fingerprint density at radius 3 is 2.68 bits per heavy atom. The first-order valence-electron chi connectivity index (χ1n) is 7.87. The Bertz CT molecular complexity index is 553. The van der Waals surface area contributed by atoms with Crippen LogP contribution in [0.2, 0.25) is 0 Å². The minimum Gasteiger partial charge on any atom is -0.493 e. The third-order valence-electron chi connectivity index (χ3n) is 3.66. The van der Waals surface area contributed by atoms with Crippen LogP contribution in [0.1, 0.15) is 42.6 Å². The van der Waals surface area contributed by atoms with Crippen LogP contribution >= 0.6 is 0 Å². The number of quaternary nitrogens is 1. The lowest BCUT2D eigenvalue weighted by molar-refractivity contribution is -0.885. The predicted molar refractivity (Wildman–Crippen MR) is 84.2 cm³/mol. The summed E-state index contributed by atoms with van der Waals surface area (Å²) in [5.41, 5.74) is 1.64. The van der Waals surface area contributed by atoms with Crippen LogP contribution in [0.4, 0.5) is 0 Å². The summed E-state index contributed by atoms with van der Waals surface area (Å²) in [6.45, 7) is 5.13. The zero-order valence-electron chi connectivity index (χ0n) is 13.6. The summed E-state index contributed by atoms with van der Waals surface area (Å²) in [5, 5.41) is 2.99. The number of Topliss-reactive ketones (excluding diaryl/α,β-unsaturated/α-hetero) is 1. The van der Waals surface area contributed by atoms with Gasteiger partial charge in [-0.1, -0.05) is 0 Å². The lowest BCUT2D eigenvalue weighted by atomic mass is 10.1. The molecule has 0 spiro atoms. The highest BCUT2D eigenvalue weighted by atomic mass is 16.5. The van der Waals surface area contributed by atoms with Gasteiger partial charge in [-0.05, 0) is 44.9 Å². The highest BCUT2D eigenvalue weighted by Crippen LogP contribution is 2.20. The van der Waals surface area contributed by atoms with Crippen molar-refractivity contribution in [1.82, 2.24) is 5.32 Å². The highest BCUT2D eigenvalue weighted by molar-refractivity contribution is 5.94. The molecule has 1 atom stereocenters. The van der Waals surface area contributed by atoms with Crippen molar-refractivity contribution in [1.29, 1.82) is 0 Å². The Labute approximate surface area is 131 Å². The van der Waals surface area contributed by atoms with Gasteiger partial charge in [0.15, 0.2) is 12.3 Å². The quantitative estimate of drug-likeness (QED) is 0.691. The molecule has 1 fully saturated rings. The molecular weight excluding hydrogens is 280 g/mol. The second kappa shape index (κ2) is 7.40. The second-order valence-corrected chi connectivity index (χ2v) is 5.96. The molecule has 22 heavy (non-hydrogen) atoms. The van der Waals surface area contributed by atoms with Gasteiger partial charge in [-0.25, -0.2) is 0 Å². The minimum absolute atomic E-state index is 0.0356. The van der Waals surface area contributed by atoms with Crippen LogP contribution < -0.4 is 15.0 Å². The molecule has 2 rings (SSSR count). The van der Waals surface area contributed by atoms with Crippen molar-refractivity contribution >= 4 is 11.7 Å². The molecule has 1 saturated carbocycles. The summed E-state index contributed by atoms with van der Waals surface area (Å²) >= 11 is 0. The molecule has 2 N–H and O–H groups in total. The van der Waals surface area contributed by atoms with Crippen LogP contribution in [-0.4, -0.2) is 37.9 Å². The molecule has 1 aromatic carbocycles. The van der Waals surface area contributed by atoms with Crippen LogP contribution in [0.15, 0.2) is 18.2 Å². The number of carbonyl (C=O) groups excluding carboxylic acids is 2. The first-order chi connectivity index (χ1) is 10.5. The van der Waals surface area contributed by atoms with Gasteiger partial charge < -0.3 is 15.0 Å². The predicted octanol–water partition coefficient (Wildman–Crippen LogP) is 0.581. The van der Waals surface area contributed by atoms with E-state index in [-0.39, 0.29) is 11.7 Å². The lowest BCUT2D eigenvalue weighted by Gasteiger charge is -2.17. The summed E-state index contributed by atoms with van der Waals surface area (Å²) in [5.74, 6) is 0.906. The topological polar surface area (TPSA) is 59.8 Å². The normalized spacial score (nSPS) is 15.2. The smallest absolute Gasteiger partial charge is 0.275 e. The van der Waals surface area contributed by atoms with Gasteiger partial charge in [-0.15, -0.1) is 0 Å². The number of likely N-dealkylation sites (N-methyl/N-ethyl adjacent to an activating group) is 1. The van der Waals surface area contributed by atoms with Crippen molar-refractivity contribution < 1.29 is 19.2 Å². The van der Waals surface area contributed by atoms with Gasteiger partial charge in [-0.3, -0.25) is 9.59 Å². The molecule has 1 amide bonds. The summed E-state index contributed by atoms with van der Waals surface area (Å²) in [6.07, 6.45) is 2.19. The van der Waals surface area contributed by atoms with E-state index in [9.17, 15) is 9.59 Å². The third kappa shape index (κ3) is 4.84. The third-order valence-corrected chi connectivity index (χ3v) is 3.66. The first kappa shape index (κ1) is 16.5. The van der Waals surface area contributed by atoms with Crippen molar-refractivity contribution in [2.75, 3.05) is 20.2 Å². The molecule has 120 valence electrons. The summed E-state index contributed by atoms with van der Waals surface area (Å²) in [4.78, 5) is 24.5. The van der Waals surface area contributed by atoms with E-state index in [0.717, 1.165) is 29.1 Å². The number of rotatable bonds is 8. The van der Waals surface area contributed by atoms with Crippen LogP contribution in [0.25, 0.3) is 0 Å². The van der Waals surface area contributed by atoms with E-state index in [1.54, 1.807) is 13.0 Å². The van der Waals surface area contributed by atoms with Crippen LogP contribution in [0, 0.1) is 0 Å². The molecular formula is C17H25N2O3+. The van der Waals surface area contributed by atoms with Gasteiger partial charge >= 0.3 is 0 Å². The molecule has 1 aliphatic rings. The lowest BCUT2D eigenvalue weighted by Crippen LogP contribution is -3.08. The van der Waals surface area contributed by atoms with E-state index in [4.69, 9.17) is 4.74 Å². The summed E-state index contributed by atoms with van der Waals surface area (Å²) < 4.78 is 5.63. The molecule has 0 heterocycles. The van der Waals surface area contributed by atoms with E-state index in [0.29, 0.717) is 31.3 Å². The van der Waals surface area contributed by atoms with Crippen molar-refractivity contribution in [3.8, 4) is 5.75 Å². The minimum atomic E-state index is 0.0356. The molecule has 1 unspecified atom stereocenters. The second-order valence-electron chi connectivity index (χ2n) is 5.96. The molecule has 0 saturated heterocycles.